The van der Waals surface area contributed by atoms with Crippen molar-refractivity contribution < 1.29 is 74.2 Å². The van der Waals surface area contributed by atoms with Crippen LogP contribution in [0.4, 0.5) is 35.1 Å². The fourth-order valence-electron chi connectivity index (χ4n) is 9.22. The number of alkyl halides is 2. The summed E-state index contributed by atoms with van der Waals surface area (Å²) in [6, 6.07) is 23.1. The van der Waals surface area contributed by atoms with E-state index < -0.39 is 68.9 Å². The number of ether oxygens (including phenoxy) is 2. The van der Waals surface area contributed by atoms with Crippen molar-refractivity contribution in [2.45, 2.75) is 128 Å². The molecule has 4 atom stereocenters. The molecule has 0 bridgehead atoms. The van der Waals surface area contributed by atoms with E-state index in [1.807, 2.05) is 75.2 Å². The number of aliphatic hydroxyl groups excluding tert-OH is 2. The Kier molecular flexibility index (Phi) is 27.4. The zero-order valence-electron chi connectivity index (χ0n) is 52.6. The standard InChI is InChI=1S/2C17H17F2NO2S.2C10H13NO2S.2C7H5ClF2/c2*1-11-6-7-23-16(11)15-8-17(2,22-20-15)10-21-9-12-13(18)4-3-5-14(12)19;2*1-7-3-4-14-9(7)8-5-10(2,6-12)13-11-8;2*8-4-5-6(9)2-1-3-7(5)10/h2*3-7H,8-10H2,1-2H3;2*3-4,12H,5-6H2,1-2H3;2*1-3H,4H2/t2*17-;2*10-;;/m1010../s1. The van der Waals surface area contributed by atoms with Gasteiger partial charge in [-0.05, 0) is 172 Å². The van der Waals surface area contributed by atoms with Crippen molar-refractivity contribution in [2.75, 3.05) is 26.4 Å². The van der Waals surface area contributed by atoms with E-state index in [1.165, 1.54) is 93.7 Å². The van der Waals surface area contributed by atoms with Crippen LogP contribution in [0.2, 0.25) is 0 Å². The number of thiophene rings is 4. The Morgan fingerprint density at radius 2 is 0.606 bits per heavy atom. The molecule has 0 fully saturated rings. The number of rotatable bonds is 16. The highest BCUT2D eigenvalue weighted by Crippen LogP contribution is 2.34. The van der Waals surface area contributed by atoms with Crippen LogP contribution in [0.3, 0.4) is 0 Å². The first-order chi connectivity index (χ1) is 44.8. The third-order valence-corrected chi connectivity index (χ3v) is 19.5. The molecule has 26 heteroatoms. The van der Waals surface area contributed by atoms with Crippen molar-refractivity contribution >= 4 is 91.4 Å². The summed E-state index contributed by atoms with van der Waals surface area (Å²) in [6.07, 6.45) is 2.58. The molecule has 0 radical (unpaired) electrons. The SMILES string of the molecule is Cc1ccsc1C1=NO[C@@](C)(CO)C1.Cc1ccsc1C1=NO[C@@](C)(COCc2c(F)cccc2F)C1.Cc1ccsc1C1=NO[C@](C)(CO)C1.Cc1ccsc1C1=NO[C@](C)(COCc2c(F)cccc2F)C1.Fc1cccc(F)c1CCl.Fc1cccc(F)c1CCl. The van der Waals surface area contributed by atoms with E-state index in [4.69, 9.17) is 62.2 Å². The van der Waals surface area contributed by atoms with Crippen LogP contribution in [0.1, 0.15) is 117 Å². The molecule has 4 aliphatic heterocycles. The second-order valence-corrected chi connectivity index (χ2v) is 27.3. The van der Waals surface area contributed by atoms with Gasteiger partial charge in [0.05, 0.1) is 70.9 Å². The Morgan fingerprint density at radius 3 is 0.798 bits per heavy atom. The summed E-state index contributed by atoms with van der Waals surface area (Å²) in [5.41, 5.74) is 5.91. The highest BCUT2D eigenvalue weighted by molar-refractivity contribution is 7.13. The van der Waals surface area contributed by atoms with Crippen LogP contribution in [-0.2, 0) is 53.8 Å². The summed E-state index contributed by atoms with van der Waals surface area (Å²) in [4.78, 5) is 26.0. The maximum atomic E-state index is 13.6. The minimum absolute atomic E-state index is 0.00439. The van der Waals surface area contributed by atoms with Gasteiger partial charge in [0.25, 0.3) is 0 Å². The van der Waals surface area contributed by atoms with Crippen LogP contribution >= 0.6 is 68.5 Å². The third-order valence-electron chi connectivity index (χ3n) is 14.7. The number of aliphatic hydroxyl groups is 2. The molecular formula is C68H70Cl2F8N4O8S4. The predicted octanol–water partition coefficient (Wildman–Crippen LogP) is 18.1. The third kappa shape index (κ3) is 20.2. The van der Waals surface area contributed by atoms with E-state index >= 15 is 0 Å². The monoisotopic (exact) mass is 1420 g/mol. The van der Waals surface area contributed by atoms with Gasteiger partial charge in [0, 0.05) is 47.9 Å². The zero-order chi connectivity index (χ0) is 68.4. The molecule has 0 saturated carbocycles. The second-order valence-electron chi connectivity index (χ2n) is 23.1. The van der Waals surface area contributed by atoms with E-state index in [2.05, 4.69) is 46.6 Å². The van der Waals surface area contributed by atoms with Crippen molar-refractivity contribution in [3.05, 3.63) is 229 Å². The first-order valence-corrected chi connectivity index (χ1v) is 33.7. The first kappa shape index (κ1) is 74.8. The van der Waals surface area contributed by atoms with Crippen molar-refractivity contribution in [3.63, 3.8) is 0 Å². The maximum absolute atomic E-state index is 13.6. The number of halogens is 10. The molecule has 4 aromatic carbocycles. The average molecular weight is 1420 g/mol. The van der Waals surface area contributed by atoms with Crippen LogP contribution in [0, 0.1) is 74.2 Å². The normalized spacial score (nSPS) is 19.9. The topological polar surface area (TPSA) is 145 Å². The van der Waals surface area contributed by atoms with Gasteiger partial charge in [-0.25, -0.2) is 35.1 Å². The number of oxime groups is 4. The molecule has 0 spiro atoms. The summed E-state index contributed by atoms with van der Waals surface area (Å²) in [6.45, 7) is 15.8. The maximum Gasteiger partial charge on any atom is 0.163 e. The molecule has 12 rings (SSSR count). The predicted molar refractivity (Wildman–Crippen MR) is 357 cm³/mol. The summed E-state index contributed by atoms with van der Waals surface area (Å²) >= 11 is 17.1. The lowest BCUT2D eigenvalue weighted by atomic mass is 9.99. The van der Waals surface area contributed by atoms with Gasteiger partial charge in [0.1, 0.15) is 69.4 Å². The minimum Gasteiger partial charge on any atom is -0.392 e. The molecule has 504 valence electrons. The number of benzene rings is 4. The fraction of sp³-hybridized carbons (Fsp3) is 0.353. The van der Waals surface area contributed by atoms with Crippen LogP contribution in [0.5, 0.6) is 0 Å². The molecule has 8 heterocycles. The second kappa shape index (κ2) is 34.4. The van der Waals surface area contributed by atoms with Gasteiger partial charge in [-0.3, -0.25) is 0 Å². The minimum atomic E-state index is -0.618. The van der Waals surface area contributed by atoms with E-state index in [0.717, 1.165) is 43.7 Å². The number of hydrogen-bond acceptors (Lipinski definition) is 16. The van der Waals surface area contributed by atoms with Gasteiger partial charge in [-0.2, -0.15) is 0 Å². The number of nitrogens with zero attached hydrogens (tertiary/aromatic N) is 4. The quantitative estimate of drug-likeness (QED) is 0.0718. The van der Waals surface area contributed by atoms with Gasteiger partial charge in [-0.1, -0.05) is 44.9 Å². The largest absolute Gasteiger partial charge is 0.392 e. The first-order valence-electron chi connectivity index (χ1n) is 29.2. The van der Waals surface area contributed by atoms with Gasteiger partial charge in [0.15, 0.2) is 22.4 Å². The van der Waals surface area contributed by atoms with Crippen molar-refractivity contribution in [2.24, 2.45) is 20.6 Å². The summed E-state index contributed by atoms with van der Waals surface area (Å²) in [5.74, 6) is -5.02. The zero-order valence-corrected chi connectivity index (χ0v) is 57.4. The van der Waals surface area contributed by atoms with Crippen LogP contribution < -0.4 is 0 Å². The molecule has 0 aliphatic carbocycles. The van der Waals surface area contributed by atoms with Gasteiger partial charge in [0.2, 0.25) is 0 Å². The van der Waals surface area contributed by atoms with Crippen molar-refractivity contribution in [3.8, 4) is 0 Å². The molecule has 2 N–H and O–H groups in total. The van der Waals surface area contributed by atoms with Crippen LogP contribution in [-0.4, -0.2) is 81.9 Å². The Balaban J connectivity index is 0.000000165. The molecule has 94 heavy (non-hydrogen) atoms. The van der Waals surface area contributed by atoms with E-state index in [0.29, 0.717) is 25.7 Å². The van der Waals surface area contributed by atoms with Gasteiger partial charge in [-0.15, -0.1) is 68.5 Å². The molecule has 8 aromatic rings. The van der Waals surface area contributed by atoms with Crippen LogP contribution in [0.25, 0.3) is 0 Å². The number of hydrogen-bond donors (Lipinski definition) is 2. The Labute approximate surface area is 566 Å². The average Bonchev–Trinajstić information content (AvgIpc) is 1.70. The fourth-order valence-corrected chi connectivity index (χ4v) is 13.4. The highest BCUT2D eigenvalue weighted by Gasteiger charge is 2.39. The molecule has 4 aromatic heterocycles. The van der Waals surface area contributed by atoms with Crippen LogP contribution in [0.15, 0.2) is 139 Å². The van der Waals surface area contributed by atoms with E-state index in [9.17, 15) is 35.1 Å². The number of aryl methyl sites for hydroxylation is 4. The smallest absolute Gasteiger partial charge is 0.163 e. The van der Waals surface area contributed by atoms with Crippen molar-refractivity contribution in [1.82, 2.24) is 0 Å². The lowest BCUT2D eigenvalue weighted by Crippen LogP contribution is -2.31. The molecule has 0 saturated heterocycles. The van der Waals surface area contributed by atoms with Gasteiger partial charge >= 0.3 is 0 Å². The summed E-state index contributed by atoms with van der Waals surface area (Å²) in [5, 5.41) is 42.7. The molecule has 0 amide bonds. The van der Waals surface area contributed by atoms with Gasteiger partial charge < -0.3 is 39.0 Å². The van der Waals surface area contributed by atoms with E-state index in [-0.39, 0.29) is 73.7 Å². The highest BCUT2D eigenvalue weighted by atomic mass is 35.5. The molecule has 4 aliphatic rings. The Morgan fingerprint density at radius 1 is 0.383 bits per heavy atom. The summed E-state index contributed by atoms with van der Waals surface area (Å²) in [7, 11) is 0. The summed E-state index contributed by atoms with van der Waals surface area (Å²) < 4.78 is 115. The Hall–Kier alpha value is -6.58. The molecule has 0 unspecified atom stereocenters. The molecular weight excluding hydrogens is 1350 g/mol. The lowest BCUT2D eigenvalue weighted by molar-refractivity contribution is -0.0717. The van der Waals surface area contributed by atoms with E-state index in [1.54, 1.807) is 45.3 Å². The van der Waals surface area contributed by atoms with Crippen molar-refractivity contribution in [1.29, 1.82) is 0 Å². The Bertz CT molecular complexity index is 3630. The lowest BCUT2D eigenvalue weighted by Gasteiger charge is -2.21. The molecule has 12 nitrogen and oxygen atoms in total.